The molecule has 0 bridgehead atoms. The second-order valence-electron chi connectivity index (χ2n) is 5.17. The van der Waals surface area contributed by atoms with Gasteiger partial charge in [-0.15, -0.1) is 10.2 Å². The third-order valence-corrected chi connectivity index (χ3v) is 4.26. The predicted octanol–water partition coefficient (Wildman–Crippen LogP) is 1.59. The molecule has 1 aromatic heterocycles. The number of rotatable bonds is 6. The number of nitrogens with zero attached hydrogens (tertiary/aromatic N) is 3. The molecule has 114 valence electrons. The van der Waals surface area contributed by atoms with Crippen molar-refractivity contribution in [2.24, 2.45) is 0 Å². The summed E-state index contributed by atoms with van der Waals surface area (Å²) in [6.45, 7) is 0. The fraction of sp³-hybridized carbons (Fsp3) is 0.333. The SMILES string of the molecule is O=C(CSc1nncn1C1CC1)NC(=O)Cc1ccccc1. The molecule has 1 N–H and O–H groups in total. The summed E-state index contributed by atoms with van der Waals surface area (Å²) in [6, 6.07) is 9.81. The number of benzene rings is 1. The second kappa shape index (κ2) is 6.74. The van der Waals surface area contributed by atoms with E-state index < -0.39 is 0 Å². The summed E-state index contributed by atoms with van der Waals surface area (Å²) >= 11 is 1.30. The Morgan fingerprint density at radius 2 is 2.00 bits per heavy atom. The van der Waals surface area contributed by atoms with Crippen molar-refractivity contribution >= 4 is 23.6 Å². The Morgan fingerprint density at radius 3 is 2.73 bits per heavy atom. The Bertz CT molecular complexity index is 667. The van der Waals surface area contributed by atoms with Crippen LogP contribution in [-0.4, -0.2) is 32.3 Å². The van der Waals surface area contributed by atoms with Gasteiger partial charge >= 0.3 is 0 Å². The molecule has 1 aliphatic carbocycles. The van der Waals surface area contributed by atoms with Crippen molar-refractivity contribution in [3.8, 4) is 0 Å². The monoisotopic (exact) mass is 316 g/mol. The molecule has 22 heavy (non-hydrogen) atoms. The van der Waals surface area contributed by atoms with E-state index in [0.717, 1.165) is 23.6 Å². The zero-order valence-electron chi connectivity index (χ0n) is 11.9. The van der Waals surface area contributed by atoms with Crippen LogP contribution < -0.4 is 5.32 Å². The minimum absolute atomic E-state index is 0.159. The van der Waals surface area contributed by atoms with Gasteiger partial charge in [-0.2, -0.15) is 0 Å². The van der Waals surface area contributed by atoms with Crippen LogP contribution >= 0.6 is 11.8 Å². The van der Waals surface area contributed by atoms with E-state index in [0.29, 0.717) is 6.04 Å². The third kappa shape index (κ3) is 3.94. The standard InChI is InChI=1S/C15H16N4O2S/c20-13(8-11-4-2-1-3-5-11)17-14(21)9-22-15-18-16-10-19(15)12-6-7-12/h1-5,10,12H,6-9H2,(H,17,20,21). The molecule has 6 nitrogen and oxygen atoms in total. The average molecular weight is 316 g/mol. The van der Waals surface area contributed by atoms with Gasteiger partial charge in [0.2, 0.25) is 11.8 Å². The van der Waals surface area contributed by atoms with Crippen LogP contribution in [0.5, 0.6) is 0 Å². The van der Waals surface area contributed by atoms with Gasteiger partial charge in [-0.1, -0.05) is 42.1 Å². The number of aromatic nitrogens is 3. The lowest BCUT2D eigenvalue weighted by Gasteiger charge is -2.05. The van der Waals surface area contributed by atoms with Gasteiger partial charge in [-0.05, 0) is 18.4 Å². The van der Waals surface area contributed by atoms with E-state index in [-0.39, 0.29) is 24.0 Å². The molecule has 1 fully saturated rings. The summed E-state index contributed by atoms with van der Waals surface area (Å²) < 4.78 is 1.99. The summed E-state index contributed by atoms with van der Waals surface area (Å²) in [7, 11) is 0. The largest absolute Gasteiger partial charge is 0.306 e. The fourth-order valence-electron chi connectivity index (χ4n) is 2.09. The highest BCUT2D eigenvalue weighted by atomic mass is 32.2. The van der Waals surface area contributed by atoms with Crippen molar-refractivity contribution in [1.82, 2.24) is 20.1 Å². The number of carbonyl (C=O) groups is 2. The van der Waals surface area contributed by atoms with Crippen molar-refractivity contribution in [2.75, 3.05) is 5.75 Å². The number of imide groups is 1. The van der Waals surface area contributed by atoms with Crippen molar-refractivity contribution in [2.45, 2.75) is 30.5 Å². The molecule has 0 radical (unpaired) electrons. The highest BCUT2D eigenvalue weighted by molar-refractivity contribution is 7.99. The lowest BCUT2D eigenvalue weighted by atomic mass is 10.1. The highest BCUT2D eigenvalue weighted by Crippen LogP contribution is 2.37. The number of thioether (sulfide) groups is 1. The van der Waals surface area contributed by atoms with Crippen LogP contribution in [0.3, 0.4) is 0 Å². The minimum Gasteiger partial charge on any atom is -0.306 e. The van der Waals surface area contributed by atoms with Crippen LogP contribution in [0, 0.1) is 0 Å². The zero-order chi connectivity index (χ0) is 15.4. The lowest BCUT2D eigenvalue weighted by molar-refractivity contribution is -0.128. The zero-order valence-corrected chi connectivity index (χ0v) is 12.8. The molecule has 1 aromatic carbocycles. The van der Waals surface area contributed by atoms with E-state index in [1.807, 2.05) is 34.9 Å². The molecule has 7 heteroatoms. The molecule has 0 saturated heterocycles. The number of carbonyl (C=O) groups excluding carboxylic acids is 2. The second-order valence-corrected chi connectivity index (χ2v) is 6.12. The highest BCUT2D eigenvalue weighted by Gasteiger charge is 2.26. The van der Waals surface area contributed by atoms with Gasteiger partial charge in [0.25, 0.3) is 0 Å². The van der Waals surface area contributed by atoms with E-state index in [1.165, 1.54) is 11.8 Å². The van der Waals surface area contributed by atoms with E-state index >= 15 is 0 Å². The average Bonchev–Trinajstić information content (AvgIpc) is 3.24. The Kier molecular flexibility index (Phi) is 4.53. The van der Waals surface area contributed by atoms with E-state index in [2.05, 4.69) is 15.5 Å². The number of hydrogen-bond acceptors (Lipinski definition) is 5. The Hall–Kier alpha value is -2.15. The first-order valence-electron chi connectivity index (χ1n) is 7.11. The molecule has 1 aliphatic rings. The van der Waals surface area contributed by atoms with E-state index in [1.54, 1.807) is 6.33 Å². The molecule has 0 spiro atoms. The Balaban J connectivity index is 1.46. The molecular formula is C15H16N4O2S. The smallest absolute Gasteiger partial charge is 0.237 e. The van der Waals surface area contributed by atoms with Crippen molar-refractivity contribution < 1.29 is 9.59 Å². The molecule has 2 amide bonds. The van der Waals surface area contributed by atoms with Crippen LogP contribution in [-0.2, 0) is 16.0 Å². The Morgan fingerprint density at radius 1 is 1.23 bits per heavy atom. The van der Waals surface area contributed by atoms with Gasteiger partial charge < -0.3 is 4.57 Å². The number of amides is 2. The van der Waals surface area contributed by atoms with E-state index in [9.17, 15) is 9.59 Å². The first kappa shape index (κ1) is 14.8. The van der Waals surface area contributed by atoms with Crippen LogP contribution in [0.4, 0.5) is 0 Å². The quantitative estimate of drug-likeness (QED) is 0.819. The summed E-state index contributed by atoms with van der Waals surface area (Å²) in [5.41, 5.74) is 0.883. The summed E-state index contributed by atoms with van der Waals surface area (Å²) in [5, 5.41) is 11.0. The maximum Gasteiger partial charge on any atom is 0.237 e. The van der Waals surface area contributed by atoms with Crippen molar-refractivity contribution in [1.29, 1.82) is 0 Å². The van der Waals surface area contributed by atoms with Gasteiger partial charge in [-0.25, -0.2) is 0 Å². The van der Waals surface area contributed by atoms with Gasteiger partial charge in [-0.3, -0.25) is 14.9 Å². The topological polar surface area (TPSA) is 76.9 Å². The van der Waals surface area contributed by atoms with Crippen molar-refractivity contribution in [3.63, 3.8) is 0 Å². The molecule has 0 atom stereocenters. The maximum atomic E-state index is 11.8. The minimum atomic E-state index is -0.309. The normalized spacial score (nSPS) is 13.8. The third-order valence-electron chi connectivity index (χ3n) is 3.30. The molecule has 0 aliphatic heterocycles. The van der Waals surface area contributed by atoms with Gasteiger partial charge in [0.05, 0.1) is 12.2 Å². The van der Waals surface area contributed by atoms with Gasteiger partial charge in [0.15, 0.2) is 5.16 Å². The number of nitrogens with one attached hydrogen (secondary N) is 1. The summed E-state index contributed by atoms with van der Waals surface area (Å²) in [6.07, 6.45) is 4.16. The van der Waals surface area contributed by atoms with Gasteiger partial charge in [0, 0.05) is 6.04 Å². The van der Waals surface area contributed by atoms with Gasteiger partial charge in [0.1, 0.15) is 6.33 Å². The van der Waals surface area contributed by atoms with Crippen LogP contribution in [0.2, 0.25) is 0 Å². The van der Waals surface area contributed by atoms with Crippen molar-refractivity contribution in [3.05, 3.63) is 42.2 Å². The maximum absolute atomic E-state index is 11.8. The fourth-order valence-corrected chi connectivity index (χ4v) is 2.87. The first-order valence-corrected chi connectivity index (χ1v) is 8.10. The molecule has 0 unspecified atom stereocenters. The lowest BCUT2D eigenvalue weighted by Crippen LogP contribution is -2.33. The molecule has 3 rings (SSSR count). The molecule has 2 aromatic rings. The molecule has 1 saturated carbocycles. The van der Waals surface area contributed by atoms with Crippen LogP contribution in [0.1, 0.15) is 24.4 Å². The van der Waals surface area contributed by atoms with E-state index in [4.69, 9.17) is 0 Å². The van der Waals surface area contributed by atoms with Crippen LogP contribution in [0.15, 0.2) is 41.8 Å². The first-order chi connectivity index (χ1) is 10.7. The molecular weight excluding hydrogens is 300 g/mol. The number of hydrogen-bond donors (Lipinski definition) is 1. The summed E-state index contributed by atoms with van der Waals surface area (Å²) in [5.74, 6) is -0.442. The molecule has 1 heterocycles. The summed E-state index contributed by atoms with van der Waals surface area (Å²) in [4.78, 5) is 23.6. The van der Waals surface area contributed by atoms with Crippen LogP contribution in [0.25, 0.3) is 0 Å². The predicted molar refractivity (Wildman–Crippen MR) is 82.3 cm³/mol. The Labute approximate surface area is 132 Å².